The highest BCUT2D eigenvalue weighted by Crippen LogP contribution is 2.31. The van der Waals surface area contributed by atoms with E-state index in [4.69, 9.17) is 4.74 Å². The van der Waals surface area contributed by atoms with Crippen LogP contribution in [0.3, 0.4) is 0 Å². The molecular weight excluding hydrogens is 451 g/mol. The molecule has 4 aromatic rings. The molecule has 0 bridgehead atoms. The van der Waals surface area contributed by atoms with Crippen molar-refractivity contribution in [2.24, 2.45) is 0 Å². The van der Waals surface area contributed by atoms with Crippen molar-refractivity contribution in [3.05, 3.63) is 92.6 Å². The average Bonchev–Trinajstić information content (AvgIpc) is 3.55. The third-order valence-electron chi connectivity index (χ3n) is 6.62. The maximum Gasteiger partial charge on any atom is 0.333 e. The number of halogens is 1. The fraction of sp³-hybridized carbons (Fsp3) is 0.308. The summed E-state index contributed by atoms with van der Waals surface area (Å²) in [5.41, 5.74) is 0.316. The number of fused-ring (bicyclic) bond motifs is 1. The number of nitrogens with zero attached hydrogens (tertiary/aromatic N) is 4. The van der Waals surface area contributed by atoms with Crippen LogP contribution in [0.25, 0.3) is 11.2 Å². The summed E-state index contributed by atoms with van der Waals surface area (Å²) >= 11 is 0. The Balaban J connectivity index is 1.64. The van der Waals surface area contributed by atoms with Crippen LogP contribution >= 0.6 is 0 Å². The van der Waals surface area contributed by atoms with Gasteiger partial charge in [0.2, 0.25) is 0 Å². The molecule has 0 amide bonds. The lowest BCUT2D eigenvalue weighted by atomic mass is 10.1. The summed E-state index contributed by atoms with van der Waals surface area (Å²) in [6, 6.07) is 13.3. The van der Waals surface area contributed by atoms with E-state index in [9.17, 15) is 18.8 Å². The molecule has 1 aliphatic carbocycles. The van der Waals surface area contributed by atoms with Crippen LogP contribution in [0.15, 0.2) is 64.4 Å². The minimum atomic E-state index is -0.693. The molecule has 180 valence electrons. The van der Waals surface area contributed by atoms with Gasteiger partial charge in [-0.3, -0.25) is 18.7 Å². The predicted octanol–water partition coefficient (Wildman–Crippen LogP) is 3.55. The predicted molar refractivity (Wildman–Crippen MR) is 129 cm³/mol. The van der Waals surface area contributed by atoms with Crippen molar-refractivity contribution in [2.75, 3.05) is 7.11 Å². The van der Waals surface area contributed by atoms with Crippen molar-refractivity contribution < 1.29 is 13.9 Å². The maximum atomic E-state index is 14.2. The van der Waals surface area contributed by atoms with E-state index in [1.807, 2.05) is 34.9 Å². The molecule has 9 heteroatoms. The number of imidazole rings is 1. The van der Waals surface area contributed by atoms with Crippen molar-refractivity contribution in [3.63, 3.8) is 0 Å². The standard InChI is InChI=1S/C26H25FN4O4/c1-35-22-12-11-18(13-20(22)27)21(32)15-30-25(33)23-24(28-16-31(23)19-9-5-6-10-19)29(26(30)34)14-17-7-3-2-4-8-17/h2-4,7-8,11-13,16,19H,5-6,9-10,14-15H2,1H3. The van der Waals surface area contributed by atoms with E-state index in [0.717, 1.165) is 41.9 Å². The van der Waals surface area contributed by atoms with Crippen LogP contribution in [0.5, 0.6) is 5.75 Å². The van der Waals surface area contributed by atoms with Gasteiger partial charge in [-0.15, -0.1) is 0 Å². The van der Waals surface area contributed by atoms with Crippen LogP contribution in [-0.2, 0) is 13.1 Å². The molecule has 0 saturated heterocycles. The topological polar surface area (TPSA) is 88.1 Å². The lowest BCUT2D eigenvalue weighted by Crippen LogP contribution is -2.42. The zero-order chi connectivity index (χ0) is 24.5. The SMILES string of the molecule is COc1ccc(C(=O)Cn2c(=O)c3c(ncn3C3CCCC3)n(Cc3ccccc3)c2=O)cc1F. The Hall–Kier alpha value is -4.01. The molecular formula is C26H25FN4O4. The molecule has 1 saturated carbocycles. The monoisotopic (exact) mass is 476 g/mol. The number of rotatable bonds is 7. The molecule has 2 aromatic heterocycles. The second kappa shape index (κ2) is 9.32. The third kappa shape index (κ3) is 4.18. The number of aromatic nitrogens is 4. The highest BCUT2D eigenvalue weighted by Gasteiger charge is 2.25. The van der Waals surface area contributed by atoms with Crippen molar-refractivity contribution in [2.45, 2.75) is 44.8 Å². The number of ketones is 1. The van der Waals surface area contributed by atoms with Gasteiger partial charge < -0.3 is 9.30 Å². The Morgan fingerprint density at radius 3 is 2.51 bits per heavy atom. The minimum Gasteiger partial charge on any atom is -0.494 e. The van der Waals surface area contributed by atoms with Crippen LogP contribution in [-0.4, -0.2) is 31.6 Å². The quantitative estimate of drug-likeness (QED) is 0.381. The van der Waals surface area contributed by atoms with E-state index >= 15 is 0 Å². The summed E-state index contributed by atoms with van der Waals surface area (Å²) in [6.07, 6.45) is 5.58. The molecule has 0 atom stereocenters. The Labute approximate surface area is 200 Å². The highest BCUT2D eigenvalue weighted by molar-refractivity contribution is 5.96. The number of hydrogen-bond acceptors (Lipinski definition) is 5. The summed E-state index contributed by atoms with van der Waals surface area (Å²) in [7, 11) is 1.33. The zero-order valence-corrected chi connectivity index (χ0v) is 19.3. The minimum absolute atomic E-state index is 0.00539. The molecule has 0 radical (unpaired) electrons. The van der Waals surface area contributed by atoms with E-state index in [-0.39, 0.29) is 23.9 Å². The van der Waals surface area contributed by atoms with Gasteiger partial charge in [-0.25, -0.2) is 14.2 Å². The first-order valence-corrected chi connectivity index (χ1v) is 11.6. The van der Waals surface area contributed by atoms with Crippen LogP contribution in [0, 0.1) is 5.82 Å². The number of hydrogen-bond donors (Lipinski definition) is 0. The molecule has 0 aliphatic heterocycles. The van der Waals surface area contributed by atoms with E-state index in [0.29, 0.717) is 11.2 Å². The maximum absolute atomic E-state index is 14.2. The average molecular weight is 477 g/mol. The van der Waals surface area contributed by atoms with E-state index < -0.39 is 29.4 Å². The summed E-state index contributed by atoms with van der Waals surface area (Å²) in [4.78, 5) is 44.5. The van der Waals surface area contributed by atoms with Gasteiger partial charge in [-0.1, -0.05) is 43.2 Å². The largest absolute Gasteiger partial charge is 0.494 e. The molecule has 2 heterocycles. The number of Topliss-reactive ketones (excluding diaryl/α,β-unsaturated/α-hetero) is 1. The Kier molecular flexibility index (Phi) is 6.07. The fourth-order valence-corrected chi connectivity index (χ4v) is 4.79. The smallest absolute Gasteiger partial charge is 0.333 e. The van der Waals surface area contributed by atoms with Crippen molar-refractivity contribution >= 4 is 16.9 Å². The normalized spacial score (nSPS) is 14.0. The summed E-state index contributed by atoms with van der Waals surface area (Å²) < 4.78 is 23.3. The number of carbonyl (C=O) groups excluding carboxylic acids is 1. The first-order valence-electron chi connectivity index (χ1n) is 11.6. The Morgan fingerprint density at radius 2 is 1.83 bits per heavy atom. The highest BCUT2D eigenvalue weighted by atomic mass is 19.1. The lowest BCUT2D eigenvalue weighted by Gasteiger charge is -2.15. The summed E-state index contributed by atoms with van der Waals surface area (Å²) in [5.74, 6) is -1.24. The number of carbonyl (C=O) groups is 1. The molecule has 0 spiro atoms. The second-order valence-corrected chi connectivity index (χ2v) is 8.78. The van der Waals surface area contributed by atoms with Gasteiger partial charge in [0.15, 0.2) is 28.5 Å². The van der Waals surface area contributed by atoms with E-state index in [2.05, 4.69) is 4.98 Å². The van der Waals surface area contributed by atoms with Crippen LogP contribution in [0.1, 0.15) is 47.6 Å². The van der Waals surface area contributed by atoms with Crippen molar-refractivity contribution in [1.82, 2.24) is 18.7 Å². The Bertz CT molecular complexity index is 1510. The molecule has 35 heavy (non-hydrogen) atoms. The first-order chi connectivity index (χ1) is 17.0. The van der Waals surface area contributed by atoms with Gasteiger partial charge in [-0.2, -0.15) is 0 Å². The summed E-state index contributed by atoms with van der Waals surface area (Å²) in [6.45, 7) is -0.312. The van der Waals surface area contributed by atoms with Gasteiger partial charge in [-0.05, 0) is 36.6 Å². The van der Waals surface area contributed by atoms with Crippen LogP contribution in [0.2, 0.25) is 0 Å². The zero-order valence-electron chi connectivity index (χ0n) is 19.3. The first kappa shape index (κ1) is 22.8. The van der Waals surface area contributed by atoms with Gasteiger partial charge in [0.05, 0.1) is 26.5 Å². The van der Waals surface area contributed by atoms with E-state index in [1.54, 1.807) is 6.33 Å². The molecule has 5 rings (SSSR count). The van der Waals surface area contributed by atoms with Crippen molar-refractivity contribution in [1.29, 1.82) is 0 Å². The molecule has 2 aromatic carbocycles. The fourth-order valence-electron chi connectivity index (χ4n) is 4.79. The molecule has 0 unspecified atom stereocenters. The van der Waals surface area contributed by atoms with E-state index in [1.165, 1.54) is 23.8 Å². The Morgan fingerprint density at radius 1 is 1.09 bits per heavy atom. The van der Waals surface area contributed by atoms with Crippen molar-refractivity contribution in [3.8, 4) is 5.75 Å². The number of benzene rings is 2. The van der Waals surface area contributed by atoms with Gasteiger partial charge in [0, 0.05) is 11.6 Å². The summed E-state index contributed by atoms with van der Waals surface area (Å²) in [5, 5.41) is 0. The molecule has 1 aliphatic rings. The van der Waals surface area contributed by atoms with Gasteiger partial charge in [0.25, 0.3) is 5.56 Å². The number of methoxy groups -OCH3 is 1. The second-order valence-electron chi connectivity index (χ2n) is 8.78. The van der Waals surface area contributed by atoms with Crippen LogP contribution < -0.4 is 16.0 Å². The number of ether oxygens (including phenoxy) is 1. The molecule has 8 nitrogen and oxygen atoms in total. The lowest BCUT2D eigenvalue weighted by molar-refractivity contribution is 0.0968. The van der Waals surface area contributed by atoms with Gasteiger partial charge in [0.1, 0.15) is 0 Å². The van der Waals surface area contributed by atoms with Crippen LogP contribution in [0.4, 0.5) is 4.39 Å². The molecule has 1 fully saturated rings. The molecule has 0 N–H and O–H groups in total. The van der Waals surface area contributed by atoms with Gasteiger partial charge >= 0.3 is 5.69 Å². The third-order valence-corrected chi connectivity index (χ3v) is 6.62.